The minimum atomic E-state index is -2.92. The SMILES string of the molecule is CS(=O)(=O)C(CS)CS. The van der Waals surface area contributed by atoms with Crippen molar-refractivity contribution in [3.63, 3.8) is 0 Å². The predicted octanol–water partition coefficient (Wildman–Crippen LogP) is 0.259. The molecule has 0 aromatic rings. The van der Waals surface area contributed by atoms with Crippen molar-refractivity contribution in [3.8, 4) is 0 Å². The summed E-state index contributed by atoms with van der Waals surface area (Å²) in [4.78, 5) is 0. The topological polar surface area (TPSA) is 34.1 Å². The molecule has 0 amide bonds. The second kappa shape index (κ2) is 3.73. The molecule has 0 fully saturated rings. The summed E-state index contributed by atoms with van der Waals surface area (Å²) in [6.45, 7) is 0. The van der Waals surface area contributed by atoms with Gasteiger partial charge in [0.2, 0.25) is 0 Å². The third kappa shape index (κ3) is 3.37. The van der Waals surface area contributed by atoms with E-state index in [0.29, 0.717) is 11.5 Å². The van der Waals surface area contributed by atoms with Crippen LogP contribution in [0.4, 0.5) is 0 Å². The van der Waals surface area contributed by atoms with Crippen molar-refractivity contribution in [2.45, 2.75) is 5.25 Å². The summed E-state index contributed by atoms with van der Waals surface area (Å²) in [5, 5.41) is -0.399. The summed E-state index contributed by atoms with van der Waals surface area (Å²) >= 11 is 7.72. The molecule has 0 aromatic heterocycles. The van der Waals surface area contributed by atoms with Gasteiger partial charge in [-0.2, -0.15) is 25.3 Å². The molecule has 9 heavy (non-hydrogen) atoms. The number of hydrogen-bond donors (Lipinski definition) is 2. The Hall–Kier alpha value is 0.650. The minimum absolute atomic E-state index is 0.350. The first-order valence-electron chi connectivity index (χ1n) is 2.43. The van der Waals surface area contributed by atoms with Crippen LogP contribution in [0.3, 0.4) is 0 Å². The summed E-state index contributed by atoms with van der Waals surface area (Å²) < 4.78 is 21.4. The first-order valence-corrected chi connectivity index (χ1v) is 5.65. The molecule has 2 nitrogen and oxygen atoms in total. The smallest absolute Gasteiger partial charge is 0.151 e. The quantitative estimate of drug-likeness (QED) is 0.620. The molecule has 0 atom stereocenters. The standard InChI is InChI=1S/C4H10O2S3/c1-9(5,6)4(2-7)3-8/h4,7-8H,2-3H2,1H3. The Morgan fingerprint density at radius 3 is 1.67 bits per heavy atom. The van der Waals surface area contributed by atoms with Crippen molar-refractivity contribution in [1.82, 2.24) is 0 Å². The summed E-state index contributed by atoms with van der Waals surface area (Å²) in [5.41, 5.74) is 0. The Labute approximate surface area is 66.8 Å². The van der Waals surface area contributed by atoms with Crippen LogP contribution in [0.5, 0.6) is 0 Å². The monoisotopic (exact) mass is 186 g/mol. The van der Waals surface area contributed by atoms with Crippen LogP contribution in [0.1, 0.15) is 0 Å². The number of hydrogen-bond acceptors (Lipinski definition) is 4. The molecule has 0 aliphatic carbocycles. The lowest BCUT2D eigenvalue weighted by atomic mass is 10.5. The Morgan fingerprint density at radius 1 is 1.33 bits per heavy atom. The van der Waals surface area contributed by atoms with Gasteiger partial charge in [0.15, 0.2) is 9.84 Å². The fourth-order valence-electron chi connectivity index (χ4n) is 0.329. The molecule has 5 heteroatoms. The number of thiol groups is 2. The molecule has 0 N–H and O–H groups in total. The van der Waals surface area contributed by atoms with Crippen LogP contribution in [0.15, 0.2) is 0 Å². The van der Waals surface area contributed by atoms with E-state index in [0.717, 1.165) is 0 Å². The Balaban J connectivity index is 4.14. The van der Waals surface area contributed by atoms with Crippen molar-refractivity contribution >= 4 is 35.1 Å². The lowest BCUT2D eigenvalue weighted by Gasteiger charge is -2.06. The summed E-state index contributed by atoms with van der Waals surface area (Å²) in [5.74, 6) is 0.699. The molecular formula is C4H10O2S3. The van der Waals surface area contributed by atoms with E-state index < -0.39 is 15.1 Å². The minimum Gasteiger partial charge on any atom is -0.229 e. The van der Waals surface area contributed by atoms with Gasteiger partial charge in [0.05, 0.1) is 5.25 Å². The van der Waals surface area contributed by atoms with Crippen LogP contribution in [-0.2, 0) is 9.84 Å². The van der Waals surface area contributed by atoms with E-state index in [-0.39, 0.29) is 0 Å². The highest BCUT2D eigenvalue weighted by Gasteiger charge is 2.15. The van der Waals surface area contributed by atoms with Gasteiger partial charge in [0.1, 0.15) is 0 Å². The zero-order valence-corrected chi connectivity index (χ0v) is 7.72. The number of sulfone groups is 1. The molecule has 56 valence electrons. The molecule has 0 rings (SSSR count). The van der Waals surface area contributed by atoms with E-state index in [1.54, 1.807) is 0 Å². The van der Waals surface area contributed by atoms with Gasteiger partial charge >= 0.3 is 0 Å². The maximum absolute atomic E-state index is 10.7. The summed E-state index contributed by atoms with van der Waals surface area (Å²) in [6.07, 6.45) is 1.20. The van der Waals surface area contributed by atoms with Crippen LogP contribution >= 0.6 is 25.3 Å². The molecule has 0 aliphatic heterocycles. The van der Waals surface area contributed by atoms with Crippen molar-refractivity contribution in [1.29, 1.82) is 0 Å². The van der Waals surface area contributed by atoms with Crippen molar-refractivity contribution in [2.24, 2.45) is 0 Å². The Bertz CT molecular complexity index is 157. The van der Waals surface area contributed by atoms with E-state index in [9.17, 15) is 8.42 Å². The molecule has 0 radical (unpaired) electrons. The molecule has 0 aliphatic rings. The van der Waals surface area contributed by atoms with Gasteiger partial charge < -0.3 is 0 Å². The van der Waals surface area contributed by atoms with Gasteiger partial charge in [0.25, 0.3) is 0 Å². The maximum atomic E-state index is 10.7. The highest BCUT2D eigenvalue weighted by atomic mass is 32.2. The van der Waals surface area contributed by atoms with E-state index >= 15 is 0 Å². The third-order valence-corrected chi connectivity index (χ3v) is 3.93. The highest BCUT2D eigenvalue weighted by Crippen LogP contribution is 2.02. The molecule has 0 heterocycles. The highest BCUT2D eigenvalue weighted by molar-refractivity contribution is 7.93. The average Bonchev–Trinajstić information content (AvgIpc) is 1.65. The van der Waals surface area contributed by atoms with Crippen LogP contribution in [-0.4, -0.2) is 31.4 Å². The van der Waals surface area contributed by atoms with Crippen LogP contribution in [0.2, 0.25) is 0 Å². The lowest BCUT2D eigenvalue weighted by Crippen LogP contribution is -2.23. The molecule has 0 saturated carbocycles. The van der Waals surface area contributed by atoms with E-state index in [4.69, 9.17) is 0 Å². The zero-order valence-electron chi connectivity index (χ0n) is 5.11. The average molecular weight is 186 g/mol. The zero-order chi connectivity index (χ0) is 7.49. The van der Waals surface area contributed by atoms with Crippen molar-refractivity contribution < 1.29 is 8.42 Å². The van der Waals surface area contributed by atoms with Gasteiger partial charge in [-0.05, 0) is 0 Å². The molecule has 0 saturated heterocycles. The Kier molecular flexibility index (Phi) is 4.00. The Morgan fingerprint density at radius 2 is 1.67 bits per heavy atom. The van der Waals surface area contributed by atoms with Crippen molar-refractivity contribution in [3.05, 3.63) is 0 Å². The number of rotatable bonds is 3. The van der Waals surface area contributed by atoms with E-state index in [2.05, 4.69) is 25.3 Å². The molecule has 0 spiro atoms. The maximum Gasteiger partial charge on any atom is 0.151 e. The third-order valence-electron chi connectivity index (χ3n) is 1.01. The molecule has 0 bridgehead atoms. The first-order chi connectivity index (χ1) is 4.02. The van der Waals surface area contributed by atoms with E-state index in [1.807, 2.05) is 0 Å². The normalized spacial score (nSPS) is 12.4. The largest absolute Gasteiger partial charge is 0.229 e. The van der Waals surface area contributed by atoms with Crippen LogP contribution in [0, 0.1) is 0 Å². The second-order valence-corrected chi connectivity index (χ2v) is 4.87. The first kappa shape index (κ1) is 9.65. The van der Waals surface area contributed by atoms with Gasteiger partial charge in [-0.3, -0.25) is 0 Å². The molecule has 0 unspecified atom stereocenters. The van der Waals surface area contributed by atoms with Gasteiger partial charge in [0, 0.05) is 17.8 Å². The van der Waals surface area contributed by atoms with Crippen LogP contribution in [0.25, 0.3) is 0 Å². The second-order valence-electron chi connectivity index (χ2n) is 1.82. The fourth-order valence-corrected chi connectivity index (χ4v) is 2.96. The van der Waals surface area contributed by atoms with Crippen molar-refractivity contribution in [2.75, 3.05) is 17.8 Å². The fraction of sp³-hybridized carbons (Fsp3) is 1.00. The van der Waals surface area contributed by atoms with Gasteiger partial charge in [-0.1, -0.05) is 0 Å². The van der Waals surface area contributed by atoms with Gasteiger partial charge in [-0.25, -0.2) is 8.42 Å². The molecular weight excluding hydrogens is 176 g/mol. The van der Waals surface area contributed by atoms with Crippen LogP contribution < -0.4 is 0 Å². The summed E-state index contributed by atoms with van der Waals surface area (Å²) in [6, 6.07) is 0. The summed E-state index contributed by atoms with van der Waals surface area (Å²) in [7, 11) is -2.92. The van der Waals surface area contributed by atoms with Gasteiger partial charge in [-0.15, -0.1) is 0 Å². The van der Waals surface area contributed by atoms with E-state index in [1.165, 1.54) is 6.26 Å². The predicted molar refractivity (Wildman–Crippen MR) is 46.3 cm³/mol. The lowest BCUT2D eigenvalue weighted by molar-refractivity contribution is 0.595. The molecule has 0 aromatic carbocycles.